The van der Waals surface area contributed by atoms with Crippen LogP contribution in [0.15, 0.2) is 12.2 Å². The van der Waals surface area contributed by atoms with Gasteiger partial charge in [-0.3, -0.25) is 4.39 Å². The molecule has 3 heteroatoms. The van der Waals surface area contributed by atoms with Crippen molar-refractivity contribution in [1.29, 1.82) is 0 Å². The van der Waals surface area contributed by atoms with Gasteiger partial charge in [0.25, 0.3) is 0 Å². The molecule has 0 atom stereocenters. The van der Waals surface area contributed by atoms with Crippen molar-refractivity contribution in [3.8, 4) is 0 Å². The van der Waals surface area contributed by atoms with Gasteiger partial charge in [0.15, 0.2) is 0 Å². The molecule has 9 heavy (non-hydrogen) atoms. The Morgan fingerprint density at radius 1 is 1.78 bits per heavy atom. The van der Waals surface area contributed by atoms with Crippen LogP contribution in [0.5, 0.6) is 0 Å². The van der Waals surface area contributed by atoms with Crippen LogP contribution in [-0.4, -0.2) is 19.8 Å². The minimum absolute atomic E-state index is 0.273. The van der Waals surface area contributed by atoms with E-state index < -0.39 is 12.6 Å². The quantitative estimate of drug-likeness (QED) is 0.424. The summed E-state index contributed by atoms with van der Waals surface area (Å²) in [7, 11) is 1.28. The van der Waals surface area contributed by atoms with E-state index in [0.29, 0.717) is 0 Å². The molecule has 0 spiro atoms. The van der Waals surface area contributed by atoms with Crippen LogP contribution in [0.3, 0.4) is 0 Å². The second-order valence-corrected chi connectivity index (χ2v) is 1.40. The molecule has 0 saturated carbocycles. The van der Waals surface area contributed by atoms with Crippen molar-refractivity contribution in [2.24, 2.45) is 0 Å². The molecule has 0 aliphatic heterocycles. The van der Waals surface area contributed by atoms with E-state index in [1.807, 2.05) is 0 Å². The van der Waals surface area contributed by atoms with Crippen LogP contribution in [0.25, 0.3) is 0 Å². The number of hydrogen-bond donors (Lipinski definition) is 0. The van der Waals surface area contributed by atoms with Gasteiger partial charge in [0.1, 0.15) is 0 Å². The van der Waals surface area contributed by atoms with Gasteiger partial charge in [-0.05, 0) is 6.42 Å². The summed E-state index contributed by atoms with van der Waals surface area (Å²) in [5.74, 6) is -0.441. The highest BCUT2D eigenvalue weighted by molar-refractivity contribution is 5.81. The van der Waals surface area contributed by atoms with Crippen LogP contribution >= 0.6 is 0 Å². The molecule has 0 unspecified atom stereocenters. The van der Waals surface area contributed by atoms with E-state index in [1.54, 1.807) is 0 Å². The van der Waals surface area contributed by atoms with Gasteiger partial charge in [-0.2, -0.15) is 0 Å². The van der Waals surface area contributed by atoms with Crippen LogP contribution < -0.4 is 0 Å². The molecule has 0 aromatic rings. The topological polar surface area (TPSA) is 26.3 Å². The van der Waals surface area contributed by atoms with Crippen molar-refractivity contribution in [3.63, 3.8) is 0 Å². The lowest BCUT2D eigenvalue weighted by molar-refractivity contribution is -0.134. The van der Waals surface area contributed by atoms with Gasteiger partial charge in [-0.25, -0.2) is 4.79 Å². The first-order valence-electron chi connectivity index (χ1n) is 2.61. The maximum absolute atomic E-state index is 11.3. The number of hydrogen-bond acceptors (Lipinski definition) is 2. The zero-order valence-corrected chi connectivity index (χ0v) is 5.26. The number of halogens is 1. The van der Waals surface area contributed by atoms with Crippen molar-refractivity contribution >= 4 is 5.97 Å². The molecule has 52 valence electrons. The summed E-state index contributed by atoms with van der Waals surface area (Å²) in [5.41, 5.74) is 0. The molecule has 0 fully saturated rings. The summed E-state index contributed by atoms with van der Waals surface area (Å²) in [6, 6.07) is 0. The number of carbonyl (C=O) groups is 1. The molecule has 0 amide bonds. The minimum atomic E-state index is -0.441. The van der Waals surface area contributed by atoms with Crippen LogP contribution in [0.1, 0.15) is 6.42 Å². The third kappa shape index (κ3) is 5.00. The van der Waals surface area contributed by atoms with Gasteiger partial charge in [-0.15, -0.1) is 0 Å². The molecule has 0 rings (SSSR count). The molecule has 0 aromatic carbocycles. The molecule has 0 saturated heterocycles. The lowest BCUT2D eigenvalue weighted by atomic mass is 10.4. The minimum Gasteiger partial charge on any atom is -0.466 e. The summed E-state index contributed by atoms with van der Waals surface area (Å²) < 4.78 is 15.6. The molecule has 0 bridgehead atoms. The molecular formula is C6H9FO2. The van der Waals surface area contributed by atoms with E-state index >= 15 is 0 Å². The Hall–Kier alpha value is -0.860. The number of ether oxygens (including phenoxy) is 1. The van der Waals surface area contributed by atoms with Gasteiger partial charge in [0, 0.05) is 6.08 Å². The van der Waals surface area contributed by atoms with Gasteiger partial charge in [0.05, 0.1) is 13.8 Å². The van der Waals surface area contributed by atoms with E-state index in [4.69, 9.17) is 0 Å². The Labute approximate surface area is 53.3 Å². The normalized spacial score (nSPS) is 10.0. The van der Waals surface area contributed by atoms with E-state index in [2.05, 4.69) is 4.74 Å². The van der Waals surface area contributed by atoms with Crippen molar-refractivity contribution in [2.45, 2.75) is 6.42 Å². The Morgan fingerprint density at radius 3 is 2.89 bits per heavy atom. The fourth-order valence-corrected chi connectivity index (χ4v) is 0.311. The average molecular weight is 132 g/mol. The molecular weight excluding hydrogens is 123 g/mol. The predicted octanol–water partition coefficient (Wildman–Crippen LogP) is 1.08. The van der Waals surface area contributed by atoms with Crippen LogP contribution in [-0.2, 0) is 9.53 Å². The Morgan fingerprint density at radius 2 is 2.44 bits per heavy atom. The highest BCUT2D eigenvalue weighted by atomic mass is 19.1. The molecule has 0 N–H and O–H groups in total. The summed E-state index contributed by atoms with van der Waals surface area (Å²) in [6.45, 7) is -0.437. The van der Waals surface area contributed by atoms with Crippen molar-refractivity contribution in [1.82, 2.24) is 0 Å². The number of allylic oxidation sites excluding steroid dienone is 1. The Balaban J connectivity index is 3.32. The average Bonchev–Trinajstić information content (AvgIpc) is 1.89. The van der Waals surface area contributed by atoms with E-state index in [0.717, 1.165) is 0 Å². The maximum atomic E-state index is 11.3. The number of alkyl halides is 1. The van der Waals surface area contributed by atoms with Gasteiger partial charge in [0.2, 0.25) is 0 Å². The largest absolute Gasteiger partial charge is 0.466 e. The molecule has 0 aliphatic rings. The monoisotopic (exact) mass is 132 g/mol. The zero-order chi connectivity index (χ0) is 7.11. The van der Waals surface area contributed by atoms with Gasteiger partial charge in [-0.1, -0.05) is 6.08 Å². The molecule has 0 heterocycles. The summed E-state index contributed by atoms with van der Waals surface area (Å²) in [4.78, 5) is 10.3. The number of esters is 1. The molecule has 0 radical (unpaired) electrons. The SMILES string of the molecule is COC(=O)/C=C/CCF. The first kappa shape index (κ1) is 8.14. The zero-order valence-electron chi connectivity index (χ0n) is 5.26. The maximum Gasteiger partial charge on any atom is 0.330 e. The fraction of sp³-hybridized carbons (Fsp3) is 0.500. The van der Waals surface area contributed by atoms with E-state index in [-0.39, 0.29) is 6.42 Å². The first-order valence-corrected chi connectivity index (χ1v) is 2.61. The standard InChI is InChI=1S/C6H9FO2/c1-9-6(8)4-2-3-5-7/h2,4H,3,5H2,1H3/b4-2+. The predicted molar refractivity (Wildman–Crippen MR) is 31.7 cm³/mol. The third-order valence-electron chi connectivity index (χ3n) is 0.731. The van der Waals surface area contributed by atoms with Crippen molar-refractivity contribution < 1.29 is 13.9 Å². The third-order valence-corrected chi connectivity index (χ3v) is 0.731. The molecule has 0 aromatic heterocycles. The Bertz CT molecular complexity index is 110. The van der Waals surface area contributed by atoms with Crippen LogP contribution in [0, 0.1) is 0 Å². The van der Waals surface area contributed by atoms with E-state index in [9.17, 15) is 9.18 Å². The second-order valence-electron chi connectivity index (χ2n) is 1.40. The lowest BCUT2D eigenvalue weighted by Gasteiger charge is -1.86. The molecule has 2 nitrogen and oxygen atoms in total. The molecule has 0 aliphatic carbocycles. The second kappa shape index (κ2) is 5.28. The first-order chi connectivity index (χ1) is 4.31. The summed E-state index contributed by atoms with van der Waals surface area (Å²) in [5, 5.41) is 0. The number of rotatable bonds is 3. The van der Waals surface area contributed by atoms with Crippen LogP contribution in [0.2, 0.25) is 0 Å². The van der Waals surface area contributed by atoms with Crippen LogP contribution in [0.4, 0.5) is 4.39 Å². The van der Waals surface area contributed by atoms with E-state index in [1.165, 1.54) is 19.3 Å². The highest BCUT2D eigenvalue weighted by Gasteiger charge is 1.87. The number of methoxy groups -OCH3 is 1. The summed E-state index contributed by atoms with van der Waals surface area (Å²) >= 11 is 0. The van der Waals surface area contributed by atoms with Gasteiger partial charge >= 0.3 is 5.97 Å². The lowest BCUT2D eigenvalue weighted by Crippen LogP contribution is -1.93. The smallest absolute Gasteiger partial charge is 0.330 e. The number of carbonyl (C=O) groups excluding carboxylic acids is 1. The highest BCUT2D eigenvalue weighted by Crippen LogP contribution is 1.84. The summed E-state index contributed by atoms with van der Waals surface area (Å²) in [6.07, 6.45) is 2.92. The Kier molecular flexibility index (Phi) is 4.78. The van der Waals surface area contributed by atoms with Crippen molar-refractivity contribution in [2.75, 3.05) is 13.8 Å². The van der Waals surface area contributed by atoms with Crippen molar-refractivity contribution in [3.05, 3.63) is 12.2 Å². The fourth-order valence-electron chi connectivity index (χ4n) is 0.311. The van der Waals surface area contributed by atoms with Gasteiger partial charge < -0.3 is 4.74 Å².